The van der Waals surface area contributed by atoms with Gasteiger partial charge in [-0.25, -0.2) is 0 Å². The highest BCUT2D eigenvalue weighted by molar-refractivity contribution is 7.94. The number of hydrogen-bond acceptors (Lipinski definition) is 6. The number of rotatable bonds is 5. The molecule has 90 valence electrons. The molecule has 0 radical (unpaired) electrons. The molecule has 0 saturated carbocycles. The van der Waals surface area contributed by atoms with Gasteiger partial charge in [0.1, 0.15) is 10.5 Å². The zero-order chi connectivity index (χ0) is 13.0. The second-order valence-corrected chi connectivity index (χ2v) is 3.63. The third kappa shape index (κ3) is 2.60. The van der Waals surface area contributed by atoms with E-state index in [9.17, 15) is 20.2 Å². The molecule has 7 nitrogen and oxygen atoms in total. The van der Waals surface area contributed by atoms with Crippen molar-refractivity contribution < 1.29 is 14.4 Å². The molecule has 0 heterocycles. The first-order chi connectivity index (χ1) is 8.02. The molecule has 0 aromatic heterocycles. The Morgan fingerprint density at radius 1 is 1.35 bits per heavy atom. The summed E-state index contributed by atoms with van der Waals surface area (Å²) in [5, 5.41) is 21.6. The van der Waals surface area contributed by atoms with Crippen molar-refractivity contribution in [3.8, 4) is 0 Å². The fourth-order valence-corrected chi connectivity index (χ4v) is 1.81. The summed E-state index contributed by atoms with van der Waals surface area (Å²) in [5.41, 5.74) is -0.866. The molecule has 0 saturated heterocycles. The van der Waals surface area contributed by atoms with E-state index in [0.29, 0.717) is 0 Å². The van der Waals surface area contributed by atoms with Crippen molar-refractivity contribution >= 4 is 23.4 Å². The molecule has 0 unspecified atom stereocenters. The van der Waals surface area contributed by atoms with E-state index in [4.69, 9.17) is 4.55 Å². The van der Waals surface area contributed by atoms with Crippen molar-refractivity contribution in [1.82, 2.24) is 0 Å². The lowest BCUT2D eigenvalue weighted by Gasteiger charge is -2.04. The first-order valence-electron chi connectivity index (χ1n) is 4.39. The molecule has 0 aliphatic rings. The Kier molecular flexibility index (Phi) is 4.18. The quantitative estimate of drug-likeness (QED) is 0.375. The maximum absolute atomic E-state index is 10.9. The summed E-state index contributed by atoms with van der Waals surface area (Å²) in [6, 6.07) is 2.28. The van der Waals surface area contributed by atoms with Crippen molar-refractivity contribution in [3.63, 3.8) is 0 Å². The number of nitro benzene ring substituents is 2. The molecule has 1 N–H and O–H groups in total. The molecule has 1 rings (SSSR count). The summed E-state index contributed by atoms with van der Waals surface area (Å²) in [6.45, 7) is 3.40. The predicted molar refractivity (Wildman–Crippen MR) is 62.1 cm³/mol. The third-order valence-electron chi connectivity index (χ3n) is 2.05. The van der Waals surface area contributed by atoms with Crippen LogP contribution in [0.1, 0.15) is 5.56 Å². The van der Waals surface area contributed by atoms with Gasteiger partial charge in [-0.1, -0.05) is 6.08 Å². The summed E-state index contributed by atoms with van der Waals surface area (Å²) >= 11 is 0.186. The maximum atomic E-state index is 10.9. The van der Waals surface area contributed by atoms with E-state index in [-0.39, 0.29) is 34.6 Å². The molecule has 0 atom stereocenters. The van der Waals surface area contributed by atoms with Gasteiger partial charge in [-0.3, -0.25) is 20.2 Å². The summed E-state index contributed by atoms with van der Waals surface area (Å²) in [5.74, 6) is 0. The molecule has 1 aromatic carbocycles. The molecule has 0 spiro atoms. The molecule has 0 bridgehead atoms. The van der Waals surface area contributed by atoms with E-state index in [2.05, 4.69) is 6.58 Å². The van der Waals surface area contributed by atoms with Crippen LogP contribution in [0, 0.1) is 20.2 Å². The van der Waals surface area contributed by atoms with Crippen LogP contribution in [-0.4, -0.2) is 14.4 Å². The van der Waals surface area contributed by atoms with E-state index < -0.39 is 15.5 Å². The average Bonchev–Trinajstić information content (AvgIpc) is 2.27. The Labute approximate surface area is 100 Å². The lowest BCUT2D eigenvalue weighted by molar-refractivity contribution is -0.397. The van der Waals surface area contributed by atoms with Crippen LogP contribution in [0.25, 0.3) is 0 Å². The summed E-state index contributed by atoms with van der Waals surface area (Å²) in [6.07, 6.45) is 1.32. The number of benzene rings is 1. The molecule has 1 aromatic rings. The largest absolute Gasteiger partial charge is 0.325 e. The monoisotopic (exact) mass is 256 g/mol. The van der Waals surface area contributed by atoms with E-state index in [1.807, 2.05) is 0 Å². The van der Waals surface area contributed by atoms with Crippen molar-refractivity contribution in [3.05, 3.63) is 50.6 Å². The zero-order valence-electron chi connectivity index (χ0n) is 8.53. The van der Waals surface area contributed by atoms with E-state index in [1.165, 1.54) is 6.08 Å². The number of nitrogens with zero attached hydrogens (tertiary/aromatic N) is 2. The topological polar surface area (TPSA) is 107 Å². The Morgan fingerprint density at radius 2 is 2.00 bits per heavy atom. The summed E-state index contributed by atoms with van der Waals surface area (Å²) in [7, 11) is 0. The molecule has 0 aliphatic heterocycles. The van der Waals surface area contributed by atoms with Gasteiger partial charge in [0, 0.05) is 24.5 Å². The number of allylic oxidation sites excluding steroid dienone is 1. The minimum atomic E-state index is -0.746. The van der Waals surface area contributed by atoms with E-state index in [0.717, 1.165) is 12.1 Å². The Bertz CT molecular complexity index is 489. The van der Waals surface area contributed by atoms with Crippen molar-refractivity contribution in [2.24, 2.45) is 0 Å². The van der Waals surface area contributed by atoms with Gasteiger partial charge in [0.2, 0.25) is 0 Å². The van der Waals surface area contributed by atoms with Crippen LogP contribution in [0.5, 0.6) is 0 Å². The van der Waals surface area contributed by atoms with E-state index >= 15 is 0 Å². The Morgan fingerprint density at radius 3 is 2.41 bits per heavy atom. The first-order valence-corrected chi connectivity index (χ1v) is 5.17. The fourth-order valence-electron chi connectivity index (χ4n) is 1.39. The fraction of sp³-hybridized carbons (Fsp3) is 0.111. The van der Waals surface area contributed by atoms with Crippen molar-refractivity contribution in [1.29, 1.82) is 0 Å². The van der Waals surface area contributed by atoms with Crippen LogP contribution in [-0.2, 0) is 6.42 Å². The summed E-state index contributed by atoms with van der Waals surface area (Å²) in [4.78, 5) is 20.2. The second-order valence-electron chi connectivity index (χ2n) is 3.01. The van der Waals surface area contributed by atoms with Gasteiger partial charge in [0.05, 0.1) is 9.85 Å². The predicted octanol–water partition coefficient (Wildman–Crippen LogP) is 2.80. The molecular weight excluding hydrogens is 248 g/mol. The number of hydrogen-bond donors (Lipinski definition) is 1. The van der Waals surface area contributed by atoms with Gasteiger partial charge in [-0.2, -0.15) is 0 Å². The lowest BCUT2D eigenvalue weighted by Crippen LogP contribution is -2.02. The standard InChI is InChI=1S/C9H8N2O5S/c1-2-3-6-7(10(12)13)4-5-8(17-16)9(6)11(14)15/h2,4-5,16H,1,3H2. The second kappa shape index (κ2) is 5.41. The minimum Gasteiger partial charge on any atom is -0.325 e. The van der Waals surface area contributed by atoms with Gasteiger partial charge >= 0.3 is 0 Å². The van der Waals surface area contributed by atoms with Gasteiger partial charge in [-0.05, 0) is 6.07 Å². The minimum absolute atomic E-state index is 0.0129. The van der Waals surface area contributed by atoms with Crippen LogP contribution >= 0.6 is 12.0 Å². The van der Waals surface area contributed by atoms with Crippen LogP contribution in [0.4, 0.5) is 11.4 Å². The van der Waals surface area contributed by atoms with Crippen LogP contribution in [0.2, 0.25) is 0 Å². The highest BCUT2D eigenvalue weighted by Crippen LogP contribution is 2.36. The van der Waals surface area contributed by atoms with Gasteiger partial charge < -0.3 is 4.55 Å². The maximum Gasteiger partial charge on any atom is 0.295 e. The van der Waals surface area contributed by atoms with E-state index in [1.54, 1.807) is 0 Å². The smallest absolute Gasteiger partial charge is 0.295 e. The van der Waals surface area contributed by atoms with Gasteiger partial charge in [0.15, 0.2) is 0 Å². The molecule has 0 amide bonds. The Hall–Kier alpha value is -1.93. The van der Waals surface area contributed by atoms with Crippen LogP contribution in [0.15, 0.2) is 29.7 Å². The lowest BCUT2D eigenvalue weighted by atomic mass is 10.1. The van der Waals surface area contributed by atoms with Crippen LogP contribution < -0.4 is 0 Å². The first kappa shape index (κ1) is 13.1. The third-order valence-corrected chi connectivity index (χ3v) is 2.57. The van der Waals surface area contributed by atoms with Crippen molar-refractivity contribution in [2.75, 3.05) is 0 Å². The Balaban J connectivity index is 3.58. The average molecular weight is 256 g/mol. The normalized spacial score (nSPS) is 9.94. The number of nitro groups is 2. The highest BCUT2D eigenvalue weighted by Gasteiger charge is 2.28. The highest BCUT2D eigenvalue weighted by atomic mass is 32.2. The van der Waals surface area contributed by atoms with Crippen molar-refractivity contribution in [2.45, 2.75) is 11.3 Å². The molecule has 0 fully saturated rings. The zero-order valence-corrected chi connectivity index (χ0v) is 9.35. The SMILES string of the molecule is C=CCc1c([N+](=O)[O-])ccc(SO)c1[N+](=O)[O-]. The summed E-state index contributed by atoms with van der Waals surface area (Å²) < 4.78 is 8.91. The molecular formula is C9H8N2O5S. The molecule has 0 aliphatic carbocycles. The van der Waals surface area contributed by atoms with Gasteiger partial charge in [0.25, 0.3) is 11.4 Å². The van der Waals surface area contributed by atoms with Gasteiger partial charge in [-0.15, -0.1) is 6.58 Å². The van der Waals surface area contributed by atoms with Crippen LogP contribution in [0.3, 0.4) is 0 Å². The molecule has 8 heteroatoms. The molecule has 17 heavy (non-hydrogen) atoms.